The predicted octanol–water partition coefficient (Wildman–Crippen LogP) is 3.14. The predicted molar refractivity (Wildman–Crippen MR) is 70.5 cm³/mol. The van der Waals surface area contributed by atoms with Gasteiger partial charge in [-0.3, -0.25) is 4.90 Å². The third-order valence-electron chi connectivity index (χ3n) is 2.36. The van der Waals surface area contributed by atoms with Gasteiger partial charge in [0.1, 0.15) is 0 Å². The Bertz CT molecular complexity index is 353. The second-order valence-electron chi connectivity index (χ2n) is 3.49. The van der Waals surface area contributed by atoms with Crippen LogP contribution in [0.5, 0.6) is 0 Å². The molecule has 0 unspecified atom stereocenters. The van der Waals surface area contributed by atoms with E-state index in [2.05, 4.69) is 21.7 Å². The highest BCUT2D eigenvalue weighted by molar-refractivity contribution is 7.12. The third-order valence-corrected chi connectivity index (χ3v) is 3.26. The summed E-state index contributed by atoms with van der Waals surface area (Å²) in [5.74, 6) is 5.87. The molecule has 0 spiro atoms. The summed E-state index contributed by atoms with van der Waals surface area (Å²) in [5.41, 5.74) is 0. The van der Waals surface area contributed by atoms with Crippen LogP contribution in [0.4, 0.5) is 0 Å². The first-order valence-electron chi connectivity index (χ1n) is 5.98. The molecular weight excluding hydrogens is 216 g/mol. The SMILES string of the molecule is CC.CC#Cc1ncc(CN2CCCC2)s1. The fraction of sp³-hybridized carbons (Fsp3) is 0.615. The van der Waals surface area contributed by atoms with Crippen LogP contribution in [-0.4, -0.2) is 23.0 Å². The lowest BCUT2D eigenvalue weighted by atomic mass is 10.4. The molecule has 1 aliphatic heterocycles. The summed E-state index contributed by atoms with van der Waals surface area (Å²) in [6.07, 6.45) is 4.66. The Kier molecular flexibility index (Phi) is 6.14. The van der Waals surface area contributed by atoms with E-state index in [-0.39, 0.29) is 0 Å². The summed E-state index contributed by atoms with van der Waals surface area (Å²) in [4.78, 5) is 8.09. The average Bonchev–Trinajstić information content (AvgIpc) is 2.95. The van der Waals surface area contributed by atoms with Crippen LogP contribution in [0.25, 0.3) is 0 Å². The number of likely N-dealkylation sites (tertiary alicyclic amines) is 1. The summed E-state index contributed by atoms with van der Waals surface area (Å²) in [6.45, 7) is 9.39. The molecule has 0 bridgehead atoms. The Hall–Kier alpha value is -0.850. The zero-order valence-electron chi connectivity index (χ0n) is 10.4. The molecule has 16 heavy (non-hydrogen) atoms. The molecule has 1 saturated heterocycles. The monoisotopic (exact) mass is 236 g/mol. The van der Waals surface area contributed by atoms with Crippen LogP contribution in [0.3, 0.4) is 0 Å². The molecule has 1 aliphatic rings. The van der Waals surface area contributed by atoms with Gasteiger partial charge in [-0.1, -0.05) is 19.8 Å². The van der Waals surface area contributed by atoms with Crippen molar-refractivity contribution in [3.8, 4) is 11.8 Å². The van der Waals surface area contributed by atoms with Gasteiger partial charge in [0.15, 0.2) is 5.01 Å². The summed E-state index contributed by atoms with van der Waals surface area (Å²) in [6, 6.07) is 0. The number of aromatic nitrogens is 1. The zero-order chi connectivity index (χ0) is 11.8. The lowest BCUT2D eigenvalue weighted by Crippen LogP contribution is -2.17. The largest absolute Gasteiger partial charge is 0.298 e. The van der Waals surface area contributed by atoms with Gasteiger partial charge in [-0.05, 0) is 38.8 Å². The molecule has 0 aliphatic carbocycles. The normalized spacial score (nSPS) is 14.9. The second-order valence-corrected chi connectivity index (χ2v) is 4.61. The van der Waals surface area contributed by atoms with Crippen molar-refractivity contribution in [1.29, 1.82) is 0 Å². The van der Waals surface area contributed by atoms with Gasteiger partial charge in [0.2, 0.25) is 0 Å². The van der Waals surface area contributed by atoms with E-state index in [1.807, 2.05) is 27.0 Å². The highest BCUT2D eigenvalue weighted by Crippen LogP contribution is 2.17. The Labute approximate surface area is 103 Å². The molecule has 2 nitrogen and oxygen atoms in total. The van der Waals surface area contributed by atoms with Crippen molar-refractivity contribution < 1.29 is 0 Å². The minimum atomic E-state index is 0.946. The second kappa shape index (κ2) is 7.43. The maximum absolute atomic E-state index is 4.27. The van der Waals surface area contributed by atoms with Crippen molar-refractivity contribution >= 4 is 11.3 Å². The minimum Gasteiger partial charge on any atom is -0.298 e. The Morgan fingerprint density at radius 1 is 1.38 bits per heavy atom. The van der Waals surface area contributed by atoms with E-state index >= 15 is 0 Å². The van der Waals surface area contributed by atoms with E-state index < -0.39 is 0 Å². The summed E-state index contributed by atoms with van der Waals surface area (Å²) >= 11 is 1.72. The molecule has 0 amide bonds. The summed E-state index contributed by atoms with van der Waals surface area (Å²) in [7, 11) is 0. The Morgan fingerprint density at radius 3 is 2.69 bits per heavy atom. The van der Waals surface area contributed by atoms with Crippen LogP contribution in [0, 0.1) is 11.8 Å². The molecule has 0 aromatic carbocycles. The first-order chi connectivity index (χ1) is 7.88. The summed E-state index contributed by atoms with van der Waals surface area (Å²) < 4.78 is 0. The Morgan fingerprint density at radius 2 is 2.06 bits per heavy atom. The highest BCUT2D eigenvalue weighted by Gasteiger charge is 2.12. The van der Waals surface area contributed by atoms with Gasteiger partial charge in [0.05, 0.1) is 0 Å². The fourth-order valence-corrected chi connectivity index (χ4v) is 2.57. The molecule has 1 fully saturated rings. The molecule has 0 radical (unpaired) electrons. The van der Waals surface area contributed by atoms with E-state index in [1.165, 1.54) is 30.8 Å². The molecule has 2 heterocycles. The number of hydrogen-bond acceptors (Lipinski definition) is 3. The molecule has 0 N–H and O–H groups in total. The topological polar surface area (TPSA) is 16.1 Å². The van der Waals surface area contributed by atoms with Crippen molar-refractivity contribution in [1.82, 2.24) is 9.88 Å². The smallest absolute Gasteiger partial charge is 0.167 e. The first kappa shape index (κ1) is 13.2. The Balaban J connectivity index is 0.000000606. The van der Waals surface area contributed by atoms with E-state index in [9.17, 15) is 0 Å². The van der Waals surface area contributed by atoms with Crippen molar-refractivity contribution in [3.63, 3.8) is 0 Å². The van der Waals surface area contributed by atoms with Gasteiger partial charge in [-0.25, -0.2) is 4.98 Å². The maximum Gasteiger partial charge on any atom is 0.167 e. The lowest BCUT2D eigenvalue weighted by Gasteiger charge is -2.11. The number of hydrogen-bond donors (Lipinski definition) is 0. The highest BCUT2D eigenvalue weighted by atomic mass is 32.1. The molecule has 2 rings (SSSR count). The molecule has 88 valence electrons. The van der Waals surface area contributed by atoms with E-state index in [1.54, 1.807) is 11.3 Å². The fourth-order valence-electron chi connectivity index (χ4n) is 1.71. The van der Waals surface area contributed by atoms with Crippen molar-refractivity contribution in [2.75, 3.05) is 13.1 Å². The van der Waals surface area contributed by atoms with Crippen LogP contribution >= 0.6 is 11.3 Å². The minimum absolute atomic E-state index is 0.946. The molecule has 1 aromatic heterocycles. The van der Waals surface area contributed by atoms with Crippen LogP contribution < -0.4 is 0 Å². The number of nitrogens with zero attached hydrogens (tertiary/aromatic N) is 2. The van der Waals surface area contributed by atoms with Crippen molar-refractivity contribution in [2.45, 2.75) is 40.2 Å². The maximum atomic E-state index is 4.27. The molecule has 0 saturated carbocycles. The van der Waals surface area contributed by atoms with Crippen LogP contribution in [-0.2, 0) is 6.54 Å². The van der Waals surface area contributed by atoms with Crippen molar-refractivity contribution in [2.24, 2.45) is 0 Å². The van der Waals surface area contributed by atoms with Crippen LogP contribution in [0.1, 0.15) is 43.5 Å². The average molecular weight is 236 g/mol. The molecule has 1 aromatic rings. The molecule has 0 atom stereocenters. The lowest BCUT2D eigenvalue weighted by molar-refractivity contribution is 0.334. The van der Waals surface area contributed by atoms with E-state index in [0.29, 0.717) is 0 Å². The van der Waals surface area contributed by atoms with Gasteiger partial charge in [0, 0.05) is 17.6 Å². The standard InChI is InChI=1S/C11H14N2S.C2H6/c1-2-5-11-12-8-10(14-11)9-13-6-3-4-7-13;1-2/h8H,3-4,6-7,9H2,1H3;1-2H3. The van der Waals surface area contributed by atoms with Gasteiger partial charge >= 0.3 is 0 Å². The van der Waals surface area contributed by atoms with Gasteiger partial charge < -0.3 is 0 Å². The van der Waals surface area contributed by atoms with Gasteiger partial charge in [0.25, 0.3) is 0 Å². The molecular formula is C13H20N2S. The van der Waals surface area contributed by atoms with E-state index in [0.717, 1.165) is 11.6 Å². The van der Waals surface area contributed by atoms with Gasteiger partial charge in [-0.15, -0.1) is 11.3 Å². The first-order valence-corrected chi connectivity index (χ1v) is 6.80. The quantitative estimate of drug-likeness (QED) is 0.733. The van der Waals surface area contributed by atoms with E-state index in [4.69, 9.17) is 0 Å². The number of thiazole rings is 1. The molecule has 3 heteroatoms. The van der Waals surface area contributed by atoms with Gasteiger partial charge in [-0.2, -0.15) is 0 Å². The van der Waals surface area contributed by atoms with Crippen LogP contribution in [0.15, 0.2) is 6.20 Å². The number of rotatable bonds is 2. The van der Waals surface area contributed by atoms with Crippen molar-refractivity contribution in [3.05, 3.63) is 16.1 Å². The van der Waals surface area contributed by atoms with Crippen LogP contribution in [0.2, 0.25) is 0 Å². The zero-order valence-corrected chi connectivity index (χ0v) is 11.2. The summed E-state index contributed by atoms with van der Waals surface area (Å²) in [5, 5.41) is 0.946. The third kappa shape index (κ3) is 3.96.